The molecule has 1 spiro atoms. The van der Waals surface area contributed by atoms with Crippen LogP contribution in [0.25, 0.3) is 0 Å². The van der Waals surface area contributed by atoms with E-state index in [0.29, 0.717) is 32.8 Å². The van der Waals surface area contributed by atoms with Gasteiger partial charge >= 0.3 is 5.97 Å². The summed E-state index contributed by atoms with van der Waals surface area (Å²) in [5, 5.41) is 5.71. The van der Waals surface area contributed by atoms with Crippen molar-refractivity contribution in [2.45, 2.75) is 51.9 Å². The molecule has 0 aliphatic carbocycles. The van der Waals surface area contributed by atoms with Crippen molar-refractivity contribution >= 4 is 17.8 Å². The van der Waals surface area contributed by atoms with Crippen molar-refractivity contribution in [1.82, 2.24) is 15.5 Å². The molecule has 2 heterocycles. The molecular weight excluding hydrogens is 422 g/mol. The number of nitrogens with one attached hydrogen (secondary N) is 2. The van der Waals surface area contributed by atoms with E-state index in [2.05, 4.69) is 21.6 Å². The summed E-state index contributed by atoms with van der Waals surface area (Å²) in [6, 6.07) is 8.14. The molecule has 1 aromatic rings. The zero-order chi connectivity index (χ0) is 23.5. The highest BCUT2D eigenvalue weighted by molar-refractivity contribution is 5.84. The maximum absolute atomic E-state index is 13.2. The Morgan fingerprint density at radius 2 is 1.94 bits per heavy atom. The minimum atomic E-state index is -0.434. The number of carbonyl (C=O) groups is 3. The number of likely N-dealkylation sites (tertiary alicyclic amines) is 1. The van der Waals surface area contributed by atoms with Gasteiger partial charge in [0.25, 0.3) is 0 Å². The number of nitrogens with zero attached hydrogens (tertiary/aromatic N) is 1. The summed E-state index contributed by atoms with van der Waals surface area (Å²) in [7, 11) is 0. The summed E-state index contributed by atoms with van der Waals surface area (Å²) in [6.07, 6.45) is 6.46. The normalized spacial score (nSPS) is 19.6. The average Bonchev–Trinajstić information content (AvgIpc) is 2.83. The zero-order valence-corrected chi connectivity index (χ0v) is 19.7. The summed E-state index contributed by atoms with van der Waals surface area (Å²) in [5.74, 6) is 0.381. The molecule has 0 atom stereocenters. The van der Waals surface area contributed by atoms with Gasteiger partial charge in [-0.05, 0) is 63.7 Å². The van der Waals surface area contributed by atoms with E-state index in [4.69, 9.17) is 9.47 Å². The third-order valence-corrected chi connectivity index (χ3v) is 6.62. The Morgan fingerprint density at radius 1 is 1.15 bits per heavy atom. The van der Waals surface area contributed by atoms with Crippen molar-refractivity contribution in [3.63, 3.8) is 0 Å². The van der Waals surface area contributed by atoms with Crippen molar-refractivity contribution in [3.05, 3.63) is 29.8 Å². The summed E-state index contributed by atoms with van der Waals surface area (Å²) in [4.78, 5) is 38.8. The van der Waals surface area contributed by atoms with Crippen molar-refractivity contribution in [2.75, 3.05) is 45.9 Å². The number of rotatable bonds is 5. The van der Waals surface area contributed by atoms with Crippen LogP contribution in [-0.4, -0.2) is 68.6 Å². The van der Waals surface area contributed by atoms with Crippen molar-refractivity contribution in [2.24, 2.45) is 5.41 Å². The third-order valence-electron chi connectivity index (χ3n) is 6.62. The lowest BCUT2D eigenvalue weighted by molar-refractivity contribution is -0.143. The van der Waals surface area contributed by atoms with E-state index in [1.165, 1.54) is 5.56 Å². The van der Waals surface area contributed by atoms with Crippen LogP contribution in [0.4, 0.5) is 0 Å². The summed E-state index contributed by atoms with van der Waals surface area (Å²) < 4.78 is 10.8. The van der Waals surface area contributed by atoms with Gasteiger partial charge in [0.1, 0.15) is 18.9 Å². The fourth-order valence-corrected chi connectivity index (χ4v) is 4.69. The largest absolute Gasteiger partial charge is 0.491 e. The molecule has 8 heteroatoms. The first kappa shape index (κ1) is 25.0. The number of amides is 2. The van der Waals surface area contributed by atoms with Gasteiger partial charge in [-0.3, -0.25) is 19.3 Å². The lowest BCUT2D eigenvalue weighted by Gasteiger charge is -2.40. The van der Waals surface area contributed by atoms with Crippen LogP contribution in [0.1, 0.15) is 51.0 Å². The number of hydrogen-bond acceptors (Lipinski definition) is 6. The zero-order valence-electron chi connectivity index (χ0n) is 19.7. The van der Waals surface area contributed by atoms with Crippen LogP contribution in [0.3, 0.4) is 0 Å². The second-order valence-corrected chi connectivity index (χ2v) is 8.91. The monoisotopic (exact) mass is 459 g/mol. The fraction of sp³-hybridized carbons (Fsp3) is 0.640. The Hall–Kier alpha value is -2.61. The van der Waals surface area contributed by atoms with Gasteiger partial charge in [0, 0.05) is 0 Å². The van der Waals surface area contributed by atoms with Crippen molar-refractivity contribution in [3.8, 4) is 5.75 Å². The van der Waals surface area contributed by atoms with Crippen molar-refractivity contribution < 1.29 is 23.9 Å². The molecule has 2 N–H and O–H groups in total. The molecule has 8 nitrogen and oxygen atoms in total. The molecule has 0 radical (unpaired) electrons. The van der Waals surface area contributed by atoms with E-state index in [-0.39, 0.29) is 24.9 Å². The molecule has 33 heavy (non-hydrogen) atoms. The predicted octanol–water partition coefficient (Wildman–Crippen LogP) is 2.06. The van der Waals surface area contributed by atoms with E-state index in [1.807, 2.05) is 18.2 Å². The summed E-state index contributed by atoms with van der Waals surface area (Å²) >= 11 is 0. The Kier molecular flexibility index (Phi) is 9.54. The maximum atomic E-state index is 13.2. The van der Waals surface area contributed by atoms with Crippen LogP contribution in [0.15, 0.2) is 24.3 Å². The highest BCUT2D eigenvalue weighted by atomic mass is 16.5. The molecule has 1 fully saturated rings. The highest BCUT2D eigenvalue weighted by Crippen LogP contribution is 2.37. The van der Waals surface area contributed by atoms with Gasteiger partial charge in [-0.25, -0.2) is 0 Å². The number of hydrogen-bond donors (Lipinski definition) is 2. The SMILES string of the molecule is CCOC(=O)CNC(=O)CN1CCC2(CCCCCc3ccccc3OCCNC2=O)CC1. The number of para-hydroxylation sites is 1. The molecule has 182 valence electrons. The predicted molar refractivity (Wildman–Crippen MR) is 125 cm³/mol. The first-order valence-electron chi connectivity index (χ1n) is 12.2. The topological polar surface area (TPSA) is 97.0 Å². The lowest BCUT2D eigenvalue weighted by Crippen LogP contribution is -2.51. The molecule has 2 amide bonds. The number of fused-ring (bicyclic) bond motifs is 1. The molecule has 0 bridgehead atoms. The minimum Gasteiger partial charge on any atom is -0.491 e. The second kappa shape index (κ2) is 12.6. The quantitative estimate of drug-likeness (QED) is 0.655. The molecule has 2 aliphatic rings. The second-order valence-electron chi connectivity index (χ2n) is 8.91. The molecule has 0 saturated carbocycles. The molecule has 3 rings (SSSR count). The number of benzene rings is 1. The van der Waals surface area contributed by atoms with E-state index in [0.717, 1.165) is 50.7 Å². The third kappa shape index (κ3) is 7.45. The number of carbonyl (C=O) groups excluding carboxylic acids is 3. The van der Waals surface area contributed by atoms with Gasteiger partial charge in [-0.15, -0.1) is 0 Å². The number of aryl methyl sites for hydroxylation is 1. The van der Waals surface area contributed by atoms with Crippen LogP contribution in [0.5, 0.6) is 5.75 Å². The first-order valence-corrected chi connectivity index (χ1v) is 12.2. The van der Waals surface area contributed by atoms with Crippen molar-refractivity contribution in [1.29, 1.82) is 0 Å². The highest BCUT2D eigenvalue weighted by Gasteiger charge is 2.40. The van der Waals surface area contributed by atoms with Crippen LogP contribution in [0.2, 0.25) is 0 Å². The van der Waals surface area contributed by atoms with Gasteiger partial charge in [0.05, 0.1) is 25.1 Å². The van der Waals surface area contributed by atoms with E-state index < -0.39 is 11.4 Å². The molecular formula is C25H37N3O5. The standard InChI is InChI=1S/C25H37N3O5/c1-2-32-23(30)18-27-22(29)19-28-15-12-25(13-16-28)11-7-3-4-8-20-9-5-6-10-21(20)33-17-14-26-24(25)31/h5-6,9-10H,2-4,7-8,11-19H2,1H3,(H,26,31)(H,27,29). The van der Waals surface area contributed by atoms with Crippen LogP contribution in [-0.2, 0) is 25.5 Å². The number of esters is 1. The fourth-order valence-electron chi connectivity index (χ4n) is 4.69. The molecule has 1 aromatic carbocycles. The molecule has 2 aliphatic heterocycles. The Morgan fingerprint density at radius 3 is 2.73 bits per heavy atom. The molecule has 1 saturated heterocycles. The molecule has 0 aromatic heterocycles. The van der Waals surface area contributed by atoms with E-state index in [9.17, 15) is 14.4 Å². The van der Waals surface area contributed by atoms with Gasteiger partial charge in [-0.2, -0.15) is 0 Å². The van der Waals surface area contributed by atoms with Crippen LogP contribution >= 0.6 is 0 Å². The summed E-state index contributed by atoms with van der Waals surface area (Å²) in [6.45, 7) is 4.44. The summed E-state index contributed by atoms with van der Waals surface area (Å²) in [5.41, 5.74) is 0.839. The smallest absolute Gasteiger partial charge is 0.325 e. The minimum absolute atomic E-state index is 0.102. The first-order chi connectivity index (χ1) is 16.0. The average molecular weight is 460 g/mol. The van der Waals surface area contributed by atoms with E-state index >= 15 is 0 Å². The lowest BCUT2D eigenvalue weighted by atomic mass is 9.73. The van der Waals surface area contributed by atoms with Gasteiger partial charge in [0.2, 0.25) is 11.8 Å². The van der Waals surface area contributed by atoms with Gasteiger partial charge in [-0.1, -0.05) is 31.0 Å². The van der Waals surface area contributed by atoms with Gasteiger partial charge < -0.3 is 20.1 Å². The Bertz CT molecular complexity index is 805. The molecule has 0 unspecified atom stereocenters. The number of ether oxygens (including phenoxy) is 2. The van der Waals surface area contributed by atoms with Crippen LogP contribution in [0, 0.1) is 5.41 Å². The Labute approximate surface area is 196 Å². The van der Waals surface area contributed by atoms with Gasteiger partial charge in [0.15, 0.2) is 0 Å². The van der Waals surface area contributed by atoms with Crippen LogP contribution < -0.4 is 15.4 Å². The Balaban J connectivity index is 1.51. The maximum Gasteiger partial charge on any atom is 0.325 e. The number of piperidine rings is 1. The van der Waals surface area contributed by atoms with E-state index in [1.54, 1.807) is 6.92 Å².